The van der Waals surface area contributed by atoms with Gasteiger partial charge in [0.2, 0.25) is 0 Å². The Morgan fingerprint density at radius 2 is 0.950 bits per heavy atom. The van der Waals surface area contributed by atoms with Crippen molar-refractivity contribution in [2.75, 3.05) is 4.90 Å². The fraction of sp³-hybridized carbons (Fsp3) is 0.0690. The van der Waals surface area contributed by atoms with Gasteiger partial charge in [-0.25, -0.2) is 0 Å². The van der Waals surface area contributed by atoms with Gasteiger partial charge in [0, 0.05) is 27.6 Å². The number of nitrogens with zero attached hydrogens (tertiary/aromatic N) is 1. The lowest BCUT2D eigenvalue weighted by atomic mass is 9.67. The minimum Gasteiger partial charge on any atom is -0.454 e. The molecule has 0 aliphatic heterocycles. The van der Waals surface area contributed by atoms with E-state index in [4.69, 9.17) is 4.42 Å². The number of benzene rings is 9. The minimum atomic E-state index is -0.416. The molecular weight excluding hydrogens is 727 g/mol. The standard InChI is InChI=1S/C58H41NO/c1-57(2)50-24-12-9-20-44(50)46-34-33-43(37-53(46)57)59(54-26-15-23-48-47-22-11-14-27-55(47)60-56(48)54)42-31-28-38(29-32-42)39-30-35-52-49(36-39)45-21-10-13-25-51(45)58(52,40-16-5-3-6-17-40)41-18-7-4-8-19-41/h3-37H,1-2H3. The van der Waals surface area contributed by atoms with Gasteiger partial charge in [0.25, 0.3) is 0 Å². The number of furan rings is 1. The van der Waals surface area contributed by atoms with E-state index in [1.165, 1.54) is 66.8 Å². The Labute approximate surface area is 350 Å². The third kappa shape index (κ3) is 4.88. The molecule has 10 aromatic rings. The van der Waals surface area contributed by atoms with Gasteiger partial charge in [0.15, 0.2) is 5.58 Å². The Hall–Kier alpha value is -7.42. The molecule has 0 atom stereocenters. The van der Waals surface area contributed by atoms with E-state index in [1.54, 1.807) is 0 Å². The van der Waals surface area contributed by atoms with Gasteiger partial charge in [-0.05, 0) is 109 Å². The SMILES string of the molecule is CC1(C)c2ccccc2-c2ccc(N(c3ccc(-c4ccc5c(c4)-c4ccccc4C5(c4ccccc4)c4ccccc4)cc3)c3cccc4c3oc3ccccc34)cc21. The zero-order valence-electron chi connectivity index (χ0n) is 33.6. The molecule has 0 fully saturated rings. The molecule has 0 saturated heterocycles. The molecule has 0 radical (unpaired) electrons. The number of hydrogen-bond acceptors (Lipinski definition) is 2. The predicted octanol–water partition coefficient (Wildman–Crippen LogP) is 15.4. The second kappa shape index (κ2) is 13.0. The Balaban J connectivity index is 1.01. The molecule has 2 aliphatic rings. The molecule has 0 unspecified atom stereocenters. The van der Waals surface area contributed by atoms with Gasteiger partial charge in [-0.15, -0.1) is 0 Å². The highest BCUT2D eigenvalue weighted by atomic mass is 16.3. The van der Waals surface area contributed by atoms with Crippen molar-refractivity contribution in [3.8, 4) is 33.4 Å². The summed E-state index contributed by atoms with van der Waals surface area (Å²) >= 11 is 0. The first kappa shape index (κ1) is 34.6. The summed E-state index contributed by atoms with van der Waals surface area (Å²) in [5.74, 6) is 0. The van der Waals surface area contributed by atoms with Crippen molar-refractivity contribution in [2.45, 2.75) is 24.7 Å². The number of anilines is 3. The van der Waals surface area contributed by atoms with Crippen LogP contribution in [0.2, 0.25) is 0 Å². The molecule has 284 valence electrons. The lowest BCUT2D eigenvalue weighted by Gasteiger charge is -2.33. The summed E-state index contributed by atoms with van der Waals surface area (Å²) in [6.07, 6.45) is 0. The average Bonchev–Trinajstić information content (AvgIpc) is 3.91. The molecule has 0 bridgehead atoms. The molecular formula is C58H41NO. The Bertz CT molecular complexity index is 3240. The lowest BCUT2D eigenvalue weighted by Crippen LogP contribution is -2.28. The summed E-state index contributed by atoms with van der Waals surface area (Å²) in [4.78, 5) is 2.38. The first-order valence-electron chi connectivity index (χ1n) is 20.9. The van der Waals surface area contributed by atoms with E-state index in [0.717, 1.165) is 39.0 Å². The maximum atomic E-state index is 6.70. The molecule has 2 nitrogen and oxygen atoms in total. The van der Waals surface area contributed by atoms with Gasteiger partial charge in [0.05, 0.1) is 11.1 Å². The summed E-state index contributed by atoms with van der Waals surface area (Å²) < 4.78 is 6.70. The first-order chi connectivity index (χ1) is 29.5. The van der Waals surface area contributed by atoms with E-state index in [1.807, 2.05) is 6.07 Å². The smallest absolute Gasteiger partial charge is 0.159 e. The molecule has 12 rings (SSSR count). The van der Waals surface area contributed by atoms with E-state index in [2.05, 4.69) is 225 Å². The van der Waals surface area contributed by atoms with Crippen LogP contribution in [0.5, 0.6) is 0 Å². The summed E-state index contributed by atoms with van der Waals surface area (Å²) in [6, 6.07) is 77.8. The largest absolute Gasteiger partial charge is 0.454 e. The molecule has 0 amide bonds. The van der Waals surface area contributed by atoms with E-state index in [0.29, 0.717) is 0 Å². The van der Waals surface area contributed by atoms with Crippen LogP contribution in [0, 0.1) is 0 Å². The Morgan fingerprint density at radius 1 is 0.383 bits per heavy atom. The van der Waals surface area contributed by atoms with Crippen molar-refractivity contribution in [1.29, 1.82) is 0 Å². The van der Waals surface area contributed by atoms with Crippen molar-refractivity contribution >= 4 is 39.0 Å². The molecule has 60 heavy (non-hydrogen) atoms. The van der Waals surface area contributed by atoms with Gasteiger partial charge in [-0.1, -0.05) is 184 Å². The van der Waals surface area contributed by atoms with Gasteiger partial charge in [-0.2, -0.15) is 0 Å². The number of rotatable bonds is 6. The van der Waals surface area contributed by atoms with Gasteiger partial charge < -0.3 is 9.32 Å². The Morgan fingerprint density at radius 3 is 1.70 bits per heavy atom. The van der Waals surface area contributed by atoms with Crippen LogP contribution >= 0.6 is 0 Å². The average molecular weight is 768 g/mol. The predicted molar refractivity (Wildman–Crippen MR) is 249 cm³/mol. The molecule has 0 spiro atoms. The second-order valence-corrected chi connectivity index (χ2v) is 16.8. The quantitative estimate of drug-likeness (QED) is 0.168. The number of hydrogen-bond donors (Lipinski definition) is 0. The summed E-state index contributed by atoms with van der Waals surface area (Å²) in [7, 11) is 0. The normalized spacial score (nSPS) is 14.1. The van der Waals surface area contributed by atoms with Crippen molar-refractivity contribution in [1.82, 2.24) is 0 Å². The highest BCUT2D eigenvalue weighted by molar-refractivity contribution is 6.10. The minimum absolute atomic E-state index is 0.131. The van der Waals surface area contributed by atoms with Crippen LogP contribution < -0.4 is 4.90 Å². The van der Waals surface area contributed by atoms with Crippen LogP contribution in [0.3, 0.4) is 0 Å². The summed E-state index contributed by atoms with van der Waals surface area (Å²) in [5, 5.41) is 2.23. The van der Waals surface area contributed by atoms with Crippen LogP contribution in [0.15, 0.2) is 217 Å². The third-order valence-corrected chi connectivity index (χ3v) is 13.4. The zero-order chi connectivity index (χ0) is 40.0. The molecule has 0 N–H and O–H groups in total. The van der Waals surface area contributed by atoms with Crippen LogP contribution in [-0.4, -0.2) is 0 Å². The van der Waals surface area contributed by atoms with Gasteiger partial charge >= 0.3 is 0 Å². The van der Waals surface area contributed by atoms with Gasteiger partial charge in [0.1, 0.15) is 5.58 Å². The fourth-order valence-electron chi connectivity index (χ4n) is 10.6. The van der Waals surface area contributed by atoms with E-state index < -0.39 is 5.41 Å². The monoisotopic (exact) mass is 767 g/mol. The van der Waals surface area contributed by atoms with Gasteiger partial charge in [-0.3, -0.25) is 0 Å². The van der Waals surface area contributed by atoms with E-state index in [-0.39, 0.29) is 5.41 Å². The van der Waals surface area contributed by atoms with Crippen molar-refractivity contribution in [3.05, 3.63) is 246 Å². The first-order valence-corrected chi connectivity index (χ1v) is 20.9. The highest BCUT2D eigenvalue weighted by Crippen LogP contribution is 2.57. The maximum Gasteiger partial charge on any atom is 0.159 e. The summed E-state index contributed by atoms with van der Waals surface area (Å²) in [5.41, 5.74) is 19.8. The molecule has 9 aromatic carbocycles. The van der Waals surface area contributed by atoms with E-state index in [9.17, 15) is 0 Å². The Kier molecular flexibility index (Phi) is 7.52. The lowest BCUT2D eigenvalue weighted by molar-refractivity contribution is 0.660. The van der Waals surface area contributed by atoms with Crippen LogP contribution in [0.4, 0.5) is 17.1 Å². The molecule has 0 saturated carbocycles. The fourth-order valence-corrected chi connectivity index (χ4v) is 10.6. The highest BCUT2D eigenvalue weighted by Gasteiger charge is 2.46. The van der Waals surface area contributed by atoms with Crippen molar-refractivity contribution in [2.24, 2.45) is 0 Å². The van der Waals surface area contributed by atoms with Crippen molar-refractivity contribution < 1.29 is 4.42 Å². The third-order valence-electron chi connectivity index (χ3n) is 13.4. The van der Waals surface area contributed by atoms with E-state index >= 15 is 0 Å². The van der Waals surface area contributed by atoms with Crippen LogP contribution in [0.25, 0.3) is 55.3 Å². The zero-order valence-corrected chi connectivity index (χ0v) is 33.6. The van der Waals surface area contributed by atoms with Crippen molar-refractivity contribution in [3.63, 3.8) is 0 Å². The second-order valence-electron chi connectivity index (χ2n) is 16.8. The summed E-state index contributed by atoms with van der Waals surface area (Å²) in [6.45, 7) is 4.69. The topological polar surface area (TPSA) is 16.4 Å². The number of fused-ring (bicyclic) bond motifs is 9. The number of para-hydroxylation sites is 2. The molecule has 2 aliphatic carbocycles. The van der Waals surface area contributed by atoms with Crippen LogP contribution in [-0.2, 0) is 10.8 Å². The maximum absolute atomic E-state index is 6.70. The molecule has 1 heterocycles. The van der Waals surface area contributed by atoms with Crippen LogP contribution in [0.1, 0.15) is 47.2 Å². The molecule has 2 heteroatoms. The molecule has 1 aromatic heterocycles.